The van der Waals surface area contributed by atoms with Crippen LogP contribution in [0.3, 0.4) is 0 Å². The van der Waals surface area contributed by atoms with Gasteiger partial charge in [-0.05, 0) is 24.1 Å². The highest BCUT2D eigenvalue weighted by Gasteiger charge is 2.32. The summed E-state index contributed by atoms with van der Waals surface area (Å²) in [7, 11) is 0. The van der Waals surface area contributed by atoms with Crippen LogP contribution in [0.1, 0.15) is 17.5 Å². The lowest BCUT2D eigenvalue weighted by Crippen LogP contribution is -2.21. The number of amides is 1. The molecule has 0 spiro atoms. The van der Waals surface area contributed by atoms with Crippen LogP contribution in [-0.4, -0.2) is 5.91 Å². The van der Waals surface area contributed by atoms with Gasteiger partial charge in [0.15, 0.2) is 0 Å². The van der Waals surface area contributed by atoms with E-state index in [1.807, 2.05) is 0 Å². The highest BCUT2D eigenvalue weighted by Crippen LogP contribution is 2.36. The number of alkyl halides is 3. The fourth-order valence-corrected chi connectivity index (χ4v) is 1.70. The van der Waals surface area contributed by atoms with E-state index in [9.17, 15) is 18.0 Å². The Morgan fingerprint density at radius 1 is 1.25 bits per heavy atom. The predicted octanol–water partition coefficient (Wildman–Crippen LogP) is 2.17. The molecule has 3 nitrogen and oxygen atoms in total. The van der Waals surface area contributed by atoms with Crippen LogP contribution in [0, 0.1) is 0 Å². The van der Waals surface area contributed by atoms with Gasteiger partial charge in [-0.15, -0.1) is 0 Å². The van der Waals surface area contributed by atoms with Gasteiger partial charge in [0, 0.05) is 17.8 Å². The van der Waals surface area contributed by atoms with Crippen molar-refractivity contribution in [3.63, 3.8) is 0 Å². The number of nitrogens with one attached hydrogen (secondary N) is 1. The van der Waals surface area contributed by atoms with E-state index in [0.717, 1.165) is 12.1 Å². The monoisotopic (exact) mass is 230 g/mol. The molecule has 0 aliphatic carbocycles. The molecule has 0 saturated heterocycles. The van der Waals surface area contributed by atoms with Crippen LogP contribution in [-0.2, 0) is 17.4 Å². The van der Waals surface area contributed by atoms with Gasteiger partial charge in [0.1, 0.15) is 0 Å². The summed E-state index contributed by atoms with van der Waals surface area (Å²) in [6.07, 6.45) is -3.82. The molecule has 0 aromatic heterocycles. The number of hydrogen-bond donors (Lipinski definition) is 2. The van der Waals surface area contributed by atoms with Crippen LogP contribution in [0.4, 0.5) is 24.5 Å². The molecule has 0 saturated carbocycles. The smallest absolute Gasteiger partial charge is 0.398 e. The van der Waals surface area contributed by atoms with Crippen molar-refractivity contribution in [1.29, 1.82) is 0 Å². The molecule has 6 heteroatoms. The molecule has 16 heavy (non-hydrogen) atoms. The second-order valence-electron chi connectivity index (χ2n) is 3.64. The van der Waals surface area contributed by atoms with Gasteiger partial charge in [0.2, 0.25) is 5.91 Å². The van der Waals surface area contributed by atoms with Gasteiger partial charge in [0.25, 0.3) is 0 Å². The lowest BCUT2D eigenvalue weighted by molar-refractivity contribution is -0.137. The summed E-state index contributed by atoms with van der Waals surface area (Å²) < 4.78 is 37.4. The Morgan fingerprint density at radius 3 is 2.56 bits per heavy atom. The summed E-state index contributed by atoms with van der Waals surface area (Å²) in [5.74, 6) is -0.286. The quantitative estimate of drug-likeness (QED) is 0.671. The van der Waals surface area contributed by atoms with E-state index < -0.39 is 11.7 Å². The molecular weight excluding hydrogens is 221 g/mol. The number of carbonyl (C=O) groups excluding carboxylic acids is 1. The number of nitrogens with two attached hydrogens (primary N) is 1. The van der Waals surface area contributed by atoms with Crippen LogP contribution < -0.4 is 11.1 Å². The largest absolute Gasteiger partial charge is 0.416 e. The van der Waals surface area contributed by atoms with Crippen LogP contribution in [0.15, 0.2) is 12.1 Å². The number of benzene rings is 1. The molecule has 0 radical (unpaired) electrons. The molecule has 2 rings (SSSR count). The average Bonchev–Trinajstić information content (AvgIpc) is 2.15. The molecule has 1 aromatic rings. The van der Waals surface area contributed by atoms with Crippen molar-refractivity contribution in [2.75, 3.05) is 11.1 Å². The van der Waals surface area contributed by atoms with Gasteiger partial charge in [-0.25, -0.2) is 0 Å². The molecule has 86 valence electrons. The lowest BCUT2D eigenvalue weighted by Gasteiger charge is -2.20. The molecule has 0 unspecified atom stereocenters. The maximum absolute atomic E-state index is 12.5. The van der Waals surface area contributed by atoms with Gasteiger partial charge in [0.05, 0.1) is 5.56 Å². The third-order valence-corrected chi connectivity index (χ3v) is 2.49. The number of anilines is 2. The summed E-state index contributed by atoms with van der Waals surface area (Å²) in [6.45, 7) is 0. The minimum atomic E-state index is -4.45. The lowest BCUT2D eigenvalue weighted by atomic mass is 9.98. The Hall–Kier alpha value is -1.72. The first-order valence-corrected chi connectivity index (χ1v) is 4.67. The molecule has 1 aliphatic rings. The van der Waals surface area contributed by atoms with E-state index >= 15 is 0 Å². The fourth-order valence-electron chi connectivity index (χ4n) is 1.70. The zero-order chi connectivity index (χ0) is 11.9. The summed E-state index contributed by atoms with van der Waals surface area (Å²) in [4.78, 5) is 11.1. The van der Waals surface area contributed by atoms with Crippen LogP contribution in [0.2, 0.25) is 0 Å². The van der Waals surface area contributed by atoms with E-state index in [1.165, 1.54) is 0 Å². The van der Waals surface area contributed by atoms with Crippen LogP contribution in [0.25, 0.3) is 0 Å². The van der Waals surface area contributed by atoms with Crippen LogP contribution >= 0.6 is 0 Å². The normalized spacial score (nSPS) is 15.6. The Bertz CT molecular complexity index is 454. The van der Waals surface area contributed by atoms with E-state index in [1.54, 1.807) is 0 Å². The van der Waals surface area contributed by atoms with Gasteiger partial charge in [-0.1, -0.05) is 0 Å². The van der Waals surface area contributed by atoms with Crippen LogP contribution in [0.5, 0.6) is 0 Å². The number of carbonyl (C=O) groups is 1. The second kappa shape index (κ2) is 3.40. The van der Waals surface area contributed by atoms with E-state index in [0.29, 0.717) is 12.0 Å². The van der Waals surface area contributed by atoms with Crippen molar-refractivity contribution < 1.29 is 18.0 Å². The van der Waals surface area contributed by atoms with Crippen molar-refractivity contribution in [1.82, 2.24) is 0 Å². The summed E-state index contributed by atoms with van der Waals surface area (Å²) >= 11 is 0. The topological polar surface area (TPSA) is 55.1 Å². The predicted molar refractivity (Wildman–Crippen MR) is 52.8 cm³/mol. The van der Waals surface area contributed by atoms with Gasteiger partial charge in [-0.3, -0.25) is 4.79 Å². The van der Waals surface area contributed by atoms with E-state index in [4.69, 9.17) is 5.73 Å². The summed E-state index contributed by atoms with van der Waals surface area (Å²) in [6, 6.07) is 1.82. The Balaban J connectivity index is 2.52. The standard InChI is InChI=1S/C10H9F3N2O/c11-10(12,13)5-3-7(14)6-1-2-9(16)15-8(6)4-5/h3-4H,1-2,14H2,(H,15,16). The first-order chi connectivity index (χ1) is 7.38. The highest BCUT2D eigenvalue weighted by molar-refractivity contribution is 5.95. The van der Waals surface area contributed by atoms with Gasteiger partial charge in [-0.2, -0.15) is 13.2 Å². The van der Waals surface area contributed by atoms with Crippen molar-refractivity contribution >= 4 is 17.3 Å². The maximum Gasteiger partial charge on any atom is 0.416 e. The number of hydrogen-bond acceptors (Lipinski definition) is 2. The molecule has 1 aliphatic heterocycles. The van der Waals surface area contributed by atoms with Gasteiger partial charge >= 0.3 is 6.18 Å². The fraction of sp³-hybridized carbons (Fsp3) is 0.300. The summed E-state index contributed by atoms with van der Waals surface area (Å²) in [5.41, 5.74) is 5.51. The van der Waals surface area contributed by atoms with Crippen molar-refractivity contribution in [3.8, 4) is 0 Å². The Labute approximate surface area is 89.4 Å². The van der Waals surface area contributed by atoms with Crippen molar-refractivity contribution in [3.05, 3.63) is 23.3 Å². The van der Waals surface area contributed by atoms with E-state index in [-0.39, 0.29) is 23.7 Å². The second-order valence-corrected chi connectivity index (χ2v) is 3.64. The minimum Gasteiger partial charge on any atom is -0.398 e. The van der Waals surface area contributed by atoms with Crippen molar-refractivity contribution in [2.24, 2.45) is 0 Å². The number of halogens is 3. The zero-order valence-corrected chi connectivity index (χ0v) is 8.19. The molecule has 1 amide bonds. The summed E-state index contributed by atoms with van der Waals surface area (Å²) in [5, 5.41) is 2.39. The number of fused-ring (bicyclic) bond motifs is 1. The molecule has 0 fully saturated rings. The van der Waals surface area contributed by atoms with Crippen molar-refractivity contribution in [2.45, 2.75) is 19.0 Å². The molecule has 0 bridgehead atoms. The van der Waals surface area contributed by atoms with E-state index in [2.05, 4.69) is 5.32 Å². The average molecular weight is 230 g/mol. The number of nitrogen functional groups attached to an aromatic ring is 1. The highest BCUT2D eigenvalue weighted by atomic mass is 19.4. The first-order valence-electron chi connectivity index (χ1n) is 4.67. The molecular formula is C10H9F3N2O. The maximum atomic E-state index is 12.5. The Morgan fingerprint density at radius 2 is 1.94 bits per heavy atom. The third kappa shape index (κ3) is 1.82. The molecule has 3 N–H and O–H groups in total. The Kier molecular flexibility index (Phi) is 2.29. The third-order valence-electron chi connectivity index (χ3n) is 2.49. The molecule has 1 heterocycles. The minimum absolute atomic E-state index is 0.0739. The zero-order valence-electron chi connectivity index (χ0n) is 8.19. The molecule has 0 atom stereocenters. The van der Waals surface area contributed by atoms with Gasteiger partial charge < -0.3 is 11.1 Å². The number of rotatable bonds is 0. The first kappa shape index (κ1) is 10.8. The SMILES string of the molecule is Nc1cc(C(F)(F)F)cc2c1CCC(=O)N2. The molecule has 1 aromatic carbocycles.